The normalized spacial score (nSPS) is 19.8. The molecule has 26 heavy (non-hydrogen) atoms. The number of piperazine rings is 1. The van der Waals surface area contributed by atoms with Gasteiger partial charge in [0.15, 0.2) is 6.10 Å². The van der Waals surface area contributed by atoms with Crippen LogP contribution in [0.25, 0.3) is 0 Å². The Labute approximate surface area is 152 Å². The van der Waals surface area contributed by atoms with Gasteiger partial charge in [-0.1, -0.05) is 35.5 Å². The van der Waals surface area contributed by atoms with Crippen LogP contribution in [-0.4, -0.2) is 47.8 Å². The molecular formula is C20H21N3O3. The minimum absolute atomic E-state index is 0.0335. The van der Waals surface area contributed by atoms with Crippen LogP contribution in [0.15, 0.2) is 59.8 Å². The number of phenolic OH excluding ortho intramolecular Hbond substituents is 1. The lowest BCUT2D eigenvalue weighted by Crippen LogP contribution is -2.50. The van der Waals surface area contributed by atoms with Gasteiger partial charge < -0.3 is 19.7 Å². The molecule has 0 saturated carbocycles. The standard InChI is InChI=1S/C20H21N3O3/c24-17-8-6-16(7-9-17)22-10-12-23(13-11-22)20(25)18-14-19(26-21-18)15-4-2-1-3-5-15/h1-9,19,24H,10-14H2. The van der Waals surface area contributed by atoms with Gasteiger partial charge in [-0.2, -0.15) is 0 Å². The average molecular weight is 351 g/mol. The minimum atomic E-state index is -0.173. The number of anilines is 1. The fourth-order valence-electron chi connectivity index (χ4n) is 3.36. The third-order valence-electron chi connectivity index (χ3n) is 4.87. The number of hydrogen-bond acceptors (Lipinski definition) is 5. The molecule has 6 nitrogen and oxygen atoms in total. The maximum atomic E-state index is 12.7. The summed E-state index contributed by atoms with van der Waals surface area (Å²) in [6.45, 7) is 2.81. The van der Waals surface area contributed by atoms with Crippen molar-refractivity contribution in [1.82, 2.24) is 4.90 Å². The van der Waals surface area contributed by atoms with Crippen LogP contribution in [0.4, 0.5) is 5.69 Å². The van der Waals surface area contributed by atoms with E-state index in [1.165, 1.54) is 0 Å². The third kappa shape index (κ3) is 3.35. The van der Waals surface area contributed by atoms with E-state index in [-0.39, 0.29) is 17.8 Å². The maximum absolute atomic E-state index is 12.7. The number of amides is 1. The van der Waals surface area contributed by atoms with Crippen LogP contribution in [0, 0.1) is 0 Å². The highest BCUT2D eigenvalue weighted by atomic mass is 16.6. The molecule has 1 saturated heterocycles. The lowest BCUT2D eigenvalue weighted by molar-refractivity contribution is -0.124. The van der Waals surface area contributed by atoms with Crippen molar-refractivity contribution in [3.63, 3.8) is 0 Å². The first-order chi connectivity index (χ1) is 12.7. The van der Waals surface area contributed by atoms with E-state index in [9.17, 15) is 9.90 Å². The van der Waals surface area contributed by atoms with E-state index in [2.05, 4.69) is 10.1 Å². The molecule has 1 atom stereocenters. The van der Waals surface area contributed by atoms with E-state index in [4.69, 9.17) is 4.84 Å². The Hall–Kier alpha value is -3.02. The van der Waals surface area contributed by atoms with Gasteiger partial charge in [-0.15, -0.1) is 0 Å². The maximum Gasteiger partial charge on any atom is 0.271 e. The fraction of sp³-hybridized carbons (Fsp3) is 0.300. The molecule has 2 heterocycles. The number of hydrogen-bond donors (Lipinski definition) is 1. The Kier molecular flexibility index (Phi) is 4.48. The predicted molar refractivity (Wildman–Crippen MR) is 99.2 cm³/mol. The van der Waals surface area contributed by atoms with Gasteiger partial charge in [0.25, 0.3) is 5.91 Å². The highest BCUT2D eigenvalue weighted by molar-refractivity contribution is 6.39. The zero-order valence-corrected chi connectivity index (χ0v) is 14.4. The number of rotatable bonds is 3. The van der Waals surface area contributed by atoms with Gasteiger partial charge in [-0.3, -0.25) is 4.79 Å². The molecule has 2 aliphatic rings. The molecule has 1 N–H and O–H groups in total. The third-order valence-corrected chi connectivity index (χ3v) is 4.87. The molecule has 1 fully saturated rings. The zero-order valence-electron chi connectivity index (χ0n) is 14.4. The van der Waals surface area contributed by atoms with Gasteiger partial charge in [0.2, 0.25) is 0 Å². The topological polar surface area (TPSA) is 65.4 Å². The smallest absolute Gasteiger partial charge is 0.271 e. The number of carbonyl (C=O) groups excluding carboxylic acids is 1. The van der Waals surface area contributed by atoms with Crippen LogP contribution in [0.5, 0.6) is 5.75 Å². The number of nitrogens with zero attached hydrogens (tertiary/aromatic N) is 3. The average Bonchev–Trinajstić information content (AvgIpc) is 3.19. The summed E-state index contributed by atoms with van der Waals surface area (Å²) in [5.74, 6) is 0.226. The van der Waals surface area contributed by atoms with Gasteiger partial charge in [0, 0.05) is 38.3 Å². The molecule has 0 aliphatic carbocycles. The highest BCUT2D eigenvalue weighted by Gasteiger charge is 2.31. The Morgan fingerprint density at radius 3 is 2.38 bits per heavy atom. The van der Waals surface area contributed by atoms with Crippen LogP contribution in [-0.2, 0) is 9.63 Å². The second kappa shape index (κ2) is 7.07. The number of benzene rings is 2. The van der Waals surface area contributed by atoms with Crippen LogP contribution >= 0.6 is 0 Å². The van der Waals surface area contributed by atoms with Crippen molar-refractivity contribution in [3.8, 4) is 5.75 Å². The highest BCUT2D eigenvalue weighted by Crippen LogP contribution is 2.28. The summed E-state index contributed by atoms with van der Waals surface area (Å²) in [4.78, 5) is 22.3. The molecule has 4 rings (SSSR count). The molecule has 2 aliphatic heterocycles. The van der Waals surface area contributed by atoms with E-state index in [0.717, 1.165) is 24.3 Å². The van der Waals surface area contributed by atoms with Crippen LogP contribution in [0.2, 0.25) is 0 Å². The first kappa shape index (κ1) is 16.4. The molecule has 0 spiro atoms. The van der Waals surface area contributed by atoms with Crippen molar-refractivity contribution in [2.45, 2.75) is 12.5 Å². The summed E-state index contributed by atoms with van der Waals surface area (Å²) in [7, 11) is 0. The number of aromatic hydroxyl groups is 1. The second-order valence-corrected chi connectivity index (χ2v) is 6.54. The molecule has 1 amide bonds. The minimum Gasteiger partial charge on any atom is -0.508 e. The SMILES string of the molecule is O=C(C1=NOC(c2ccccc2)C1)N1CCN(c2ccc(O)cc2)CC1. The molecule has 6 heteroatoms. The zero-order chi connectivity index (χ0) is 17.9. The van der Waals surface area contributed by atoms with Gasteiger partial charge in [0.1, 0.15) is 11.5 Å². The lowest BCUT2D eigenvalue weighted by atomic mass is 10.0. The summed E-state index contributed by atoms with van der Waals surface area (Å²) in [6, 6.07) is 17.0. The lowest BCUT2D eigenvalue weighted by Gasteiger charge is -2.36. The van der Waals surface area contributed by atoms with Crippen LogP contribution in [0.3, 0.4) is 0 Å². The second-order valence-electron chi connectivity index (χ2n) is 6.54. The molecule has 0 radical (unpaired) electrons. The Balaban J connectivity index is 1.33. The number of oxime groups is 1. The molecule has 134 valence electrons. The number of phenols is 1. The molecule has 0 bridgehead atoms. The Bertz CT molecular complexity index is 797. The number of carbonyl (C=O) groups is 1. The quantitative estimate of drug-likeness (QED) is 0.923. The fourth-order valence-corrected chi connectivity index (χ4v) is 3.36. The van der Waals surface area contributed by atoms with E-state index in [1.54, 1.807) is 12.1 Å². The first-order valence-electron chi connectivity index (χ1n) is 8.81. The van der Waals surface area contributed by atoms with E-state index >= 15 is 0 Å². The van der Waals surface area contributed by atoms with Crippen molar-refractivity contribution < 1.29 is 14.7 Å². The van der Waals surface area contributed by atoms with E-state index in [0.29, 0.717) is 25.2 Å². The van der Waals surface area contributed by atoms with Gasteiger partial charge in [-0.25, -0.2) is 0 Å². The summed E-state index contributed by atoms with van der Waals surface area (Å²) >= 11 is 0. The summed E-state index contributed by atoms with van der Waals surface area (Å²) in [5.41, 5.74) is 2.59. The summed E-state index contributed by atoms with van der Waals surface area (Å²) in [5, 5.41) is 13.4. The largest absolute Gasteiger partial charge is 0.508 e. The van der Waals surface area contributed by atoms with Crippen molar-refractivity contribution >= 4 is 17.3 Å². The van der Waals surface area contributed by atoms with Gasteiger partial charge >= 0.3 is 0 Å². The molecule has 2 aromatic rings. The van der Waals surface area contributed by atoms with Crippen molar-refractivity contribution in [2.75, 3.05) is 31.1 Å². The van der Waals surface area contributed by atoms with Gasteiger partial charge in [0.05, 0.1) is 0 Å². The summed E-state index contributed by atoms with van der Waals surface area (Å²) in [6.07, 6.45) is 0.342. The predicted octanol–water partition coefficient (Wildman–Crippen LogP) is 2.56. The van der Waals surface area contributed by atoms with E-state index in [1.807, 2.05) is 47.4 Å². The van der Waals surface area contributed by atoms with Crippen LogP contribution in [0.1, 0.15) is 18.1 Å². The Morgan fingerprint density at radius 2 is 1.69 bits per heavy atom. The molecular weight excluding hydrogens is 330 g/mol. The van der Waals surface area contributed by atoms with Crippen molar-refractivity contribution in [3.05, 3.63) is 60.2 Å². The molecule has 0 aromatic heterocycles. The monoisotopic (exact) mass is 351 g/mol. The van der Waals surface area contributed by atoms with Crippen LogP contribution < -0.4 is 4.90 Å². The van der Waals surface area contributed by atoms with Crippen molar-refractivity contribution in [2.24, 2.45) is 5.16 Å². The molecule has 1 unspecified atom stereocenters. The summed E-state index contributed by atoms with van der Waals surface area (Å²) < 4.78 is 0. The Morgan fingerprint density at radius 1 is 1.00 bits per heavy atom. The first-order valence-corrected chi connectivity index (χ1v) is 8.81. The van der Waals surface area contributed by atoms with Crippen molar-refractivity contribution in [1.29, 1.82) is 0 Å². The van der Waals surface area contributed by atoms with E-state index < -0.39 is 0 Å². The van der Waals surface area contributed by atoms with Gasteiger partial charge in [-0.05, 0) is 29.8 Å². The molecule has 2 aromatic carbocycles.